The van der Waals surface area contributed by atoms with Gasteiger partial charge in [-0.2, -0.15) is 4.98 Å². The van der Waals surface area contributed by atoms with Gasteiger partial charge in [0.15, 0.2) is 11.1 Å². The molecule has 0 bridgehead atoms. The van der Waals surface area contributed by atoms with Crippen molar-refractivity contribution in [3.05, 3.63) is 24.0 Å². The molecule has 16 heavy (non-hydrogen) atoms. The van der Waals surface area contributed by atoms with Gasteiger partial charge in [-0.15, -0.1) is 0 Å². The molecule has 0 fully saturated rings. The maximum Gasteiger partial charge on any atom is 0.225 e. The molecule has 3 heterocycles. The lowest BCUT2D eigenvalue weighted by atomic mass is 10.6. The molecule has 0 aromatic carbocycles. The summed E-state index contributed by atoms with van der Waals surface area (Å²) in [5.41, 5.74) is 1.43. The summed E-state index contributed by atoms with van der Waals surface area (Å²) in [7, 11) is 0. The van der Waals surface area contributed by atoms with Gasteiger partial charge in [-0.3, -0.25) is 0 Å². The van der Waals surface area contributed by atoms with Crippen molar-refractivity contribution in [1.82, 2.24) is 30.6 Å². The fourth-order valence-electron chi connectivity index (χ4n) is 1.37. The summed E-state index contributed by atoms with van der Waals surface area (Å²) in [6.07, 6.45) is 5.25. The average Bonchev–Trinajstić information content (AvgIpc) is 2.87. The van der Waals surface area contributed by atoms with Crippen LogP contribution < -0.4 is 10.6 Å². The maximum absolute atomic E-state index is 5.82. The Hall–Kier alpha value is -1.47. The van der Waals surface area contributed by atoms with Gasteiger partial charge in [-0.25, -0.2) is 9.97 Å². The topological polar surface area (TPSA) is 78.5 Å². The molecule has 0 spiro atoms. The van der Waals surface area contributed by atoms with Crippen molar-refractivity contribution in [2.75, 3.05) is 0 Å². The third kappa shape index (κ3) is 1.68. The largest absolute Gasteiger partial charge is 0.361 e. The lowest BCUT2D eigenvalue weighted by molar-refractivity contribution is 0.769. The van der Waals surface area contributed by atoms with Crippen LogP contribution in [0.5, 0.6) is 0 Å². The van der Waals surface area contributed by atoms with Crippen LogP contribution in [0, 0.1) is 0 Å². The van der Waals surface area contributed by atoms with Gasteiger partial charge in [-0.05, 0) is 11.6 Å². The molecular weight excluding hydrogens is 248 g/mol. The number of aromatic amines is 1. The van der Waals surface area contributed by atoms with Crippen molar-refractivity contribution in [3.8, 4) is 0 Å². The van der Waals surface area contributed by atoms with Gasteiger partial charge in [-0.1, -0.05) is 11.8 Å². The molecule has 0 saturated heterocycles. The van der Waals surface area contributed by atoms with Crippen molar-refractivity contribution < 1.29 is 0 Å². The average molecular weight is 255 g/mol. The monoisotopic (exact) mass is 254 g/mol. The summed E-state index contributed by atoms with van der Waals surface area (Å²) in [6, 6.07) is 0. The van der Waals surface area contributed by atoms with Crippen LogP contribution >= 0.6 is 23.4 Å². The summed E-state index contributed by atoms with van der Waals surface area (Å²) < 4.78 is 0. The normalized spacial score (nSPS) is 15.3. The molecule has 8 heteroatoms. The van der Waals surface area contributed by atoms with E-state index in [-0.39, 0.29) is 10.8 Å². The van der Waals surface area contributed by atoms with Gasteiger partial charge in [0, 0.05) is 12.4 Å². The minimum Gasteiger partial charge on any atom is -0.361 e. The number of thioether (sulfide) groups is 1. The van der Waals surface area contributed by atoms with Crippen LogP contribution in [0.1, 0.15) is 0 Å². The highest BCUT2D eigenvalue weighted by Gasteiger charge is 2.15. The number of rotatable bonds is 2. The van der Waals surface area contributed by atoms with Crippen LogP contribution in [-0.4, -0.2) is 25.4 Å². The van der Waals surface area contributed by atoms with Crippen LogP contribution in [0.3, 0.4) is 0 Å². The van der Waals surface area contributed by atoms with Crippen LogP contribution in [0.2, 0.25) is 5.28 Å². The van der Waals surface area contributed by atoms with Gasteiger partial charge in [0.2, 0.25) is 5.28 Å². The molecule has 2 aromatic heterocycles. The molecular formula is C8H7ClN6S. The zero-order valence-corrected chi connectivity index (χ0v) is 9.51. The van der Waals surface area contributed by atoms with E-state index in [1.165, 1.54) is 11.8 Å². The quantitative estimate of drug-likeness (QED) is 0.549. The van der Waals surface area contributed by atoms with Crippen LogP contribution in [0.4, 0.5) is 0 Å². The maximum atomic E-state index is 5.82. The van der Waals surface area contributed by atoms with Gasteiger partial charge < -0.3 is 15.6 Å². The van der Waals surface area contributed by atoms with E-state index < -0.39 is 0 Å². The van der Waals surface area contributed by atoms with E-state index in [0.29, 0.717) is 5.65 Å². The minimum atomic E-state index is 0.0532. The standard InChI is InChI=1S/C8H7ClN6S/c9-7-14-5-4(12-3-13-5)6(15-7)16-8-10-1-2-11-8/h1-3,8,10-11H,(H,12,13,14,15). The number of fused-ring (bicyclic) bond motifs is 1. The van der Waals surface area contributed by atoms with E-state index in [4.69, 9.17) is 11.6 Å². The smallest absolute Gasteiger partial charge is 0.225 e. The first-order valence-electron chi connectivity index (χ1n) is 4.53. The molecule has 0 atom stereocenters. The van der Waals surface area contributed by atoms with E-state index in [1.807, 2.05) is 12.4 Å². The van der Waals surface area contributed by atoms with E-state index in [0.717, 1.165) is 10.5 Å². The summed E-state index contributed by atoms with van der Waals surface area (Å²) in [6.45, 7) is 0. The molecule has 1 aliphatic heterocycles. The summed E-state index contributed by atoms with van der Waals surface area (Å²) in [4.78, 5) is 15.2. The predicted octanol–water partition coefficient (Wildman–Crippen LogP) is 1.05. The Labute approximate surface area is 99.9 Å². The molecule has 0 amide bonds. The third-order valence-corrected chi connectivity index (χ3v) is 3.23. The number of hydrogen-bond donors (Lipinski definition) is 3. The Morgan fingerprint density at radius 2 is 2.06 bits per heavy atom. The Bertz CT molecular complexity index is 544. The molecule has 3 rings (SSSR count). The Balaban J connectivity index is 1.97. The fraction of sp³-hybridized carbons (Fsp3) is 0.125. The van der Waals surface area contributed by atoms with Gasteiger partial charge in [0.25, 0.3) is 0 Å². The molecule has 0 unspecified atom stereocenters. The lowest BCUT2D eigenvalue weighted by Gasteiger charge is -2.10. The van der Waals surface area contributed by atoms with Crippen molar-refractivity contribution in [3.63, 3.8) is 0 Å². The van der Waals surface area contributed by atoms with Gasteiger partial charge in [0.05, 0.1) is 6.33 Å². The van der Waals surface area contributed by atoms with Crippen LogP contribution in [-0.2, 0) is 0 Å². The molecule has 1 aliphatic rings. The highest BCUT2D eigenvalue weighted by Crippen LogP contribution is 2.26. The summed E-state index contributed by atoms with van der Waals surface area (Å²) in [5.74, 6) is 0. The molecule has 3 N–H and O–H groups in total. The van der Waals surface area contributed by atoms with Crippen LogP contribution in [0.25, 0.3) is 11.2 Å². The summed E-state index contributed by atoms with van der Waals surface area (Å²) >= 11 is 7.33. The molecule has 6 nitrogen and oxygen atoms in total. The van der Waals surface area contributed by atoms with E-state index in [1.54, 1.807) is 6.33 Å². The second-order valence-corrected chi connectivity index (χ2v) is 4.50. The molecule has 0 saturated carbocycles. The predicted molar refractivity (Wildman–Crippen MR) is 61.8 cm³/mol. The Morgan fingerprint density at radius 3 is 2.88 bits per heavy atom. The van der Waals surface area contributed by atoms with Crippen molar-refractivity contribution >= 4 is 34.5 Å². The molecule has 82 valence electrons. The van der Waals surface area contributed by atoms with Crippen molar-refractivity contribution in [1.29, 1.82) is 0 Å². The number of nitrogens with one attached hydrogen (secondary N) is 3. The number of H-pyrrole nitrogens is 1. The van der Waals surface area contributed by atoms with Crippen LogP contribution in [0.15, 0.2) is 23.8 Å². The first kappa shape index (κ1) is 9.73. The highest BCUT2D eigenvalue weighted by atomic mass is 35.5. The third-order valence-electron chi connectivity index (χ3n) is 2.03. The SMILES string of the molecule is Clc1nc(SC2NC=CN2)c2[nH]cnc2n1. The molecule has 2 aromatic rings. The van der Waals surface area contributed by atoms with Crippen molar-refractivity contribution in [2.45, 2.75) is 10.5 Å². The first-order valence-corrected chi connectivity index (χ1v) is 5.79. The van der Waals surface area contributed by atoms with E-state index >= 15 is 0 Å². The first-order chi connectivity index (χ1) is 7.83. The minimum absolute atomic E-state index is 0.0532. The summed E-state index contributed by atoms with van der Waals surface area (Å²) in [5, 5.41) is 7.20. The Morgan fingerprint density at radius 1 is 1.25 bits per heavy atom. The number of nitrogens with zero attached hydrogens (tertiary/aromatic N) is 3. The molecule has 0 aliphatic carbocycles. The van der Waals surface area contributed by atoms with E-state index in [9.17, 15) is 0 Å². The highest BCUT2D eigenvalue weighted by molar-refractivity contribution is 8.00. The zero-order chi connectivity index (χ0) is 11.0. The van der Waals surface area contributed by atoms with Gasteiger partial charge >= 0.3 is 0 Å². The molecule has 0 radical (unpaired) electrons. The zero-order valence-electron chi connectivity index (χ0n) is 7.94. The number of aromatic nitrogens is 4. The fourth-order valence-corrected chi connectivity index (χ4v) is 2.50. The lowest BCUT2D eigenvalue weighted by Crippen LogP contribution is -2.26. The van der Waals surface area contributed by atoms with E-state index in [2.05, 4.69) is 30.6 Å². The van der Waals surface area contributed by atoms with Gasteiger partial charge in [0.1, 0.15) is 10.5 Å². The van der Waals surface area contributed by atoms with Crippen molar-refractivity contribution in [2.24, 2.45) is 0 Å². The second-order valence-electron chi connectivity index (χ2n) is 3.06. The second kappa shape index (κ2) is 3.84. The number of imidazole rings is 1. The number of hydrogen-bond acceptors (Lipinski definition) is 6. The number of halogens is 1. The Kier molecular flexibility index (Phi) is 2.33.